The number of nitrogens with one attached hydrogen (secondary N) is 2. The summed E-state index contributed by atoms with van der Waals surface area (Å²) >= 11 is 5.84. The van der Waals surface area contributed by atoms with E-state index >= 15 is 0 Å². The standard InChI is InChI=1S/C23H29ClN4O3/c1-28(2)17-10-8-16(9-11-17)26-23(30)18-5-4-6-20(31-3)19(18)13-22(29)27-21-12-7-15(24)14-25-21/h4-7,12,14,16-17H,8-11,13H2,1-3H3,(H,26,30)(H,25,27,29). The van der Waals surface area contributed by atoms with Crippen LogP contribution in [0.5, 0.6) is 5.75 Å². The van der Waals surface area contributed by atoms with Crippen LogP contribution in [0.4, 0.5) is 5.82 Å². The normalized spacial score (nSPS) is 18.5. The number of ether oxygens (including phenoxy) is 1. The molecular formula is C23H29ClN4O3. The lowest BCUT2D eigenvalue weighted by molar-refractivity contribution is -0.115. The molecule has 7 nitrogen and oxygen atoms in total. The highest BCUT2D eigenvalue weighted by atomic mass is 35.5. The van der Waals surface area contributed by atoms with Crippen LogP contribution in [0.15, 0.2) is 36.5 Å². The molecule has 0 radical (unpaired) electrons. The Balaban J connectivity index is 1.70. The van der Waals surface area contributed by atoms with Crippen molar-refractivity contribution in [3.8, 4) is 5.75 Å². The first-order valence-electron chi connectivity index (χ1n) is 10.4. The lowest BCUT2D eigenvalue weighted by Gasteiger charge is -2.33. The zero-order valence-corrected chi connectivity index (χ0v) is 18.9. The van der Waals surface area contributed by atoms with Crippen molar-refractivity contribution in [1.82, 2.24) is 15.2 Å². The highest BCUT2D eigenvalue weighted by Gasteiger charge is 2.25. The second-order valence-electron chi connectivity index (χ2n) is 8.02. The summed E-state index contributed by atoms with van der Waals surface area (Å²) in [6.07, 6.45) is 5.45. The van der Waals surface area contributed by atoms with E-state index < -0.39 is 0 Å². The summed E-state index contributed by atoms with van der Waals surface area (Å²) in [4.78, 5) is 32.0. The fourth-order valence-corrected chi connectivity index (χ4v) is 4.06. The van der Waals surface area contributed by atoms with Gasteiger partial charge >= 0.3 is 0 Å². The van der Waals surface area contributed by atoms with Crippen LogP contribution in [0.25, 0.3) is 0 Å². The molecule has 8 heteroatoms. The molecule has 2 N–H and O–H groups in total. The van der Waals surface area contributed by atoms with Gasteiger partial charge < -0.3 is 20.3 Å². The number of halogens is 1. The number of amides is 2. The Morgan fingerprint density at radius 1 is 1.16 bits per heavy atom. The number of anilines is 1. The van der Waals surface area contributed by atoms with Crippen LogP contribution in [-0.2, 0) is 11.2 Å². The van der Waals surface area contributed by atoms with Crippen LogP contribution in [0.3, 0.4) is 0 Å². The van der Waals surface area contributed by atoms with Gasteiger partial charge in [0, 0.05) is 29.4 Å². The molecule has 1 saturated carbocycles. The van der Waals surface area contributed by atoms with E-state index in [0.717, 1.165) is 25.7 Å². The molecule has 2 amide bonds. The van der Waals surface area contributed by atoms with Crippen LogP contribution < -0.4 is 15.4 Å². The molecule has 3 rings (SSSR count). The number of benzene rings is 1. The molecule has 1 aliphatic rings. The zero-order chi connectivity index (χ0) is 22.4. The summed E-state index contributed by atoms with van der Waals surface area (Å²) in [5.74, 6) is 0.426. The fraction of sp³-hybridized carbons (Fsp3) is 0.435. The summed E-state index contributed by atoms with van der Waals surface area (Å²) in [5.41, 5.74) is 1.00. The first-order valence-corrected chi connectivity index (χ1v) is 10.8. The second-order valence-corrected chi connectivity index (χ2v) is 8.45. The highest BCUT2D eigenvalue weighted by molar-refractivity contribution is 6.30. The van der Waals surface area contributed by atoms with Gasteiger partial charge in [-0.3, -0.25) is 9.59 Å². The molecule has 1 aromatic carbocycles. The molecule has 1 heterocycles. The van der Waals surface area contributed by atoms with E-state index in [1.54, 1.807) is 30.3 Å². The molecule has 31 heavy (non-hydrogen) atoms. The SMILES string of the molecule is COc1cccc(C(=O)NC2CCC(N(C)C)CC2)c1CC(=O)Nc1ccc(Cl)cn1. The molecule has 1 aromatic heterocycles. The quantitative estimate of drug-likeness (QED) is 0.682. The Morgan fingerprint density at radius 2 is 1.90 bits per heavy atom. The third-order valence-electron chi connectivity index (χ3n) is 5.69. The summed E-state index contributed by atoms with van der Waals surface area (Å²) in [5, 5.41) is 6.36. The van der Waals surface area contributed by atoms with Crippen molar-refractivity contribution in [1.29, 1.82) is 0 Å². The summed E-state index contributed by atoms with van der Waals surface area (Å²) in [6.45, 7) is 0. The minimum atomic E-state index is -0.292. The van der Waals surface area contributed by atoms with Crippen molar-refractivity contribution in [3.63, 3.8) is 0 Å². The molecule has 1 fully saturated rings. The van der Waals surface area contributed by atoms with E-state index in [4.69, 9.17) is 16.3 Å². The first kappa shape index (κ1) is 23.0. The zero-order valence-electron chi connectivity index (χ0n) is 18.2. The van der Waals surface area contributed by atoms with Gasteiger partial charge in [0.15, 0.2) is 0 Å². The van der Waals surface area contributed by atoms with E-state index in [-0.39, 0.29) is 24.3 Å². The number of carbonyl (C=O) groups excluding carboxylic acids is 2. The van der Waals surface area contributed by atoms with Crippen molar-refractivity contribution in [2.45, 2.75) is 44.2 Å². The number of aromatic nitrogens is 1. The Labute approximate surface area is 188 Å². The van der Waals surface area contributed by atoms with Gasteiger partial charge in [-0.05, 0) is 64.0 Å². The van der Waals surface area contributed by atoms with Gasteiger partial charge in [0.2, 0.25) is 5.91 Å². The van der Waals surface area contributed by atoms with Gasteiger partial charge in [0.1, 0.15) is 11.6 Å². The largest absolute Gasteiger partial charge is 0.496 e. The number of carbonyl (C=O) groups is 2. The molecule has 0 spiro atoms. The van der Waals surface area contributed by atoms with Gasteiger partial charge in [-0.15, -0.1) is 0 Å². The molecular weight excluding hydrogens is 416 g/mol. The second kappa shape index (κ2) is 10.6. The predicted molar refractivity (Wildman–Crippen MR) is 122 cm³/mol. The Morgan fingerprint density at radius 3 is 2.52 bits per heavy atom. The van der Waals surface area contributed by atoms with Crippen molar-refractivity contribution in [2.24, 2.45) is 0 Å². The number of hydrogen-bond donors (Lipinski definition) is 2. The van der Waals surface area contributed by atoms with Gasteiger partial charge in [-0.1, -0.05) is 17.7 Å². The Hall–Kier alpha value is -2.64. The van der Waals surface area contributed by atoms with Gasteiger partial charge in [0.05, 0.1) is 18.6 Å². The van der Waals surface area contributed by atoms with Crippen LogP contribution in [-0.4, -0.2) is 55.0 Å². The first-order chi connectivity index (χ1) is 14.9. The van der Waals surface area contributed by atoms with Gasteiger partial charge in [-0.2, -0.15) is 0 Å². The molecule has 0 bridgehead atoms. The van der Waals surface area contributed by atoms with E-state index in [2.05, 4.69) is 34.6 Å². The molecule has 1 aliphatic carbocycles. The maximum atomic E-state index is 13.1. The number of nitrogens with zero attached hydrogens (tertiary/aromatic N) is 2. The monoisotopic (exact) mass is 444 g/mol. The average molecular weight is 445 g/mol. The minimum absolute atomic E-state index is 0.00948. The Bertz CT molecular complexity index is 910. The third kappa shape index (κ3) is 6.18. The number of hydrogen-bond acceptors (Lipinski definition) is 5. The van der Waals surface area contributed by atoms with E-state index in [0.29, 0.717) is 33.8 Å². The van der Waals surface area contributed by atoms with E-state index in [9.17, 15) is 9.59 Å². The van der Waals surface area contributed by atoms with Crippen molar-refractivity contribution >= 4 is 29.2 Å². The van der Waals surface area contributed by atoms with E-state index in [1.807, 2.05) is 0 Å². The summed E-state index contributed by atoms with van der Waals surface area (Å²) < 4.78 is 5.43. The molecule has 0 unspecified atom stereocenters. The maximum absolute atomic E-state index is 13.1. The Kier molecular flexibility index (Phi) is 7.87. The van der Waals surface area contributed by atoms with Crippen molar-refractivity contribution in [3.05, 3.63) is 52.7 Å². The number of methoxy groups -OCH3 is 1. The van der Waals surface area contributed by atoms with Crippen molar-refractivity contribution in [2.75, 3.05) is 26.5 Å². The lowest BCUT2D eigenvalue weighted by atomic mass is 9.90. The van der Waals surface area contributed by atoms with Crippen LogP contribution in [0.2, 0.25) is 5.02 Å². The fourth-order valence-electron chi connectivity index (χ4n) is 3.95. The van der Waals surface area contributed by atoms with Crippen molar-refractivity contribution < 1.29 is 14.3 Å². The highest BCUT2D eigenvalue weighted by Crippen LogP contribution is 2.26. The molecule has 0 atom stereocenters. The smallest absolute Gasteiger partial charge is 0.251 e. The maximum Gasteiger partial charge on any atom is 0.251 e. The lowest BCUT2D eigenvalue weighted by Crippen LogP contribution is -2.42. The molecule has 0 aliphatic heterocycles. The number of pyridine rings is 1. The van der Waals surface area contributed by atoms with Gasteiger partial charge in [0.25, 0.3) is 5.91 Å². The molecule has 166 valence electrons. The minimum Gasteiger partial charge on any atom is -0.496 e. The number of rotatable bonds is 7. The summed E-state index contributed by atoms with van der Waals surface area (Å²) in [6, 6.07) is 9.21. The van der Waals surface area contributed by atoms with Gasteiger partial charge in [-0.25, -0.2) is 4.98 Å². The molecule has 2 aromatic rings. The van der Waals surface area contributed by atoms with E-state index in [1.165, 1.54) is 13.3 Å². The van der Waals surface area contributed by atoms with Crippen LogP contribution in [0.1, 0.15) is 41.6 Å². The molecule has 0 saturated heterocycles. The van der Waals surface area contributed by atoms with Crippen LogP contribution in [0, 0.1) is 0 Å². The summed E-state index contributed by atoms with van der Waals surface area (Å²) in [7, 11) is 5.72. The van der Waals surface area contributed by atoms with Crippen LogP contribution >= 0.6 is 11.6 Å². The topological polar surface area (TPSA) is 83.6 Å². The third-order valence-corrected chi connectivity index (χ3v) is 5.92. The predicted octanol–water partition coefficient (Wildman–Crippen LogP) is 3.53. The average Bonchev–Trinajstić information content (AvgIpc) is 2.75.